The van der Waals surface area contributed by atoms with Crippen LogP contribution in [0, 0.1) is 0 Å². The van der Waals surface area contributed by atoms with Crippen molar-refractivity contribution in [3.8, 4) is 0 Å². The van der Waals surface area contributed by atoms with Gasteiger partial charge in [0.2, 0.25) is 0 Å². The molecule has 0 rings (SSSR count). The van der Waals surface area contributed by atoms with Gasteiger partial charge in [0, 0.05) is 0 Å². The van der Waals surface area contributed by atoms with Gasteiger partial charge in [-0.15, -0.1) is 0 Å². The van der Waals surface area contributed by atoms with Crippen LogP contribution >= 0.6 is 0 Å². The third kappa shape index (κ3) is 9.27. The molecule has 0 aliphatic rings. The van der Waals surface area contributed by atoms with Gasteiger partial charge in [-0.25, -0.2) is 0 Å². The predicted molar refractivity (Wildman–Crippen MR) is 0 cm³/mol. The molecule has 0 saturated heterocycles. The minimum atomic E-state index is 0. The van der Waals surface area contributed by atoms with Crippen LogP contribution in [-0.4, -0.2) is 0 Å². The predicted octanol–water partition coefficient (Wildman–Crippen LogP) is -12.0. The zero-order valence-electron chi connectivity index (χ0n) is 2.13. The van der Waals surface area contributed by atoms with Crippen LogP contribution in [0.25, 0.3) is 0 Å². The summed E-state index contributed by atoms with van der Waals surface area (Å²) in [6, 6.07) is 0. The summed E-state index contributed by atoms with van der Waals surface area (Å²) in [7, 11) is 0. The molecule has 4 heteroatoms. The van der Waals surface area contributed by atoms with E-state index < -0.39 is 0 Å². The molecule has 0 heterocycles. The Balaban J connectivity index is 0. The minimum absolute atomic E-state index is 0. The van der Waals surface area contributed by atoms with E-state index in [9.17, 15) is 0 Å². The van der Waals surface area contributed by atoms with Crippen molar-refractivity contribution >= 4 is 0 Å². The van der Waals surface area contributed by atoms with Gasteiger partial charge in [0.05, 0.1) is 0 Å². The molecule has 0 saturated carbocycles. The van der Waals surface area contributed by atoms with Gasteiger partial charge in [0.1, 0.15) is 0 Å². The summed E-state index contributed by atoms with van der Waals surface area (Å²) >= 11 is 0. The molecule has 4 heavy (non-hydrogen) atoms. The van der Waals surface area contributed by atoms with E-state index in [1.165, 1.54) is 0 Å². The van der Waals surface area contributed by atoms with Crippen LogP contribution in [-0.2, 0) is 0 Å². The number of hydrogen-bond donors (Lipinski definition) is 0. The van der Waals surface area contributed by atoms with Crippen LogP contribution in [0.3, 0.4) is 0 Å². The summed E-state index contributed by atoms with van der Waals surface area (Å²) < 4.78 is 0. The van der Waals surface area contributed by atoms with Crippen molar-refractivity contribution in [3.63, 3.8) is 0 Å². The second-order valence-corrected chi connectivity index (χ2v) is 0. The van der Waals surface area contributed by atoms with Crippen molar-refractivity contribution < 1.29 is 123 Å². The van der Waals surface area contributed by atoms with Crippen LogP contribution in [0.2, 0.25) is 0 Å². The molecular formula is I3K-2. The standard InChI is InChI=1S/3HI.K/h3*1H;/q;;;+1/p-3. The molecule has 0 N–H and O–H groups in total. The van der Waals surface area contributed by atoms with E-state index in [1.54, 1.807) is 0 Å². The first-order valence-electron chi connectivity index (χ1n) is 0. The van der Waals surface area contributed by atoms with E-state index in [1.807, 2.05) is 0 Å². The molecule has 0 radical (unpaired) electrons. The molecule has 0 amide bonds. The van der Waals surface area contributed by atoms with Crippen molar-refractivity contribution in [1.82, 2.24) is 0 Å². The summed E-state index contributed by atoms with van der Waals surface area (Å²) in [5.41, 5.74) is 0. The second-order valence-electron chi connectivity index (χ2n) is 0. The SMILES string of the molecule is [I-].[I-].[I-].[K+]. The summed E-state index contributed by atoms with van der Waals surface area (Å²) in [4.78, 5) is 0. The Morgan fingerprint density at radius 1 is 0.500 bits per heavy atom. The Labute approximate surface area is 120 Å². The first-order valence-corrected chi connectivity index (χ1v) is 0. The average molecular weight is 420 g/mol. The van der Waals surface area contributed by atoms with Crippen molar-refractivity contribution in [2.75, 3.05) is 0 Å². The van der Waals surface area contributed by atoms with Gasteiger partial charge in [-0.3, -0.25) is 0 Å². The third-order valence-corrected chi connectivity index (χ3v) is 0. The molecular weight excluding hydrogens is 420 g/mol. The van der Waals surface area contributed by atoms with E-state index in [4.69, 9.17) is 0 Å². The maximum atomic E-state index is 0. The van der Waals surface area contributed by atoms with Gasteiger partial charge < -0.3 is 71.9 Å². The molecule has 24 valence electrons. The Hall–Kier alpha value is 3.83. The van der Waals surface area contributed by atoms with Crippen molar-refractivity contribution in [2.45, 2.75) is 0 Å². The fourth-order valence-corrected chi connectivity index (χ4v) is 0. The smallest absolute Gasteiger partial charge is 1.00 e. The Bertz CT molecular complexity index is 3.25. The molecule has 0 bridgehead atoms. The Kier molecular flexibility index (Phi) is 98.6. The molecule has 0 atom stereocenters. The maximum absolute atomic E-state index is 0. The molecule has 0 aromatic rings. The average Bonchev–Trinajstić information content (AvgIpc) is 0. The van der Waals surface area contributed by atoms with E-state index in [2.05, 4.69) is 0 Å². The Morgan fingerprint density at radius 2 is 0.500 bits per heavy atom. The van der Waals surface area contributed by atoms with Crippen molar-refractivity contribution in [3.05, 3.63) is 0 Å². The summed E-state index contributed by atoms with van der Waals surface area (Å²) in [5, 5.41) is 0. The van der Waals surface area contributed by atoms with Crippen LogP contribution in [0.4, 0.5) is 0 Å². The summed E-state index contributed by atoms with van der Waals surface area (Å²) in [6.07, 6.45) is 0. The fraction of sp³-hybridized carbons (Fsp3) is 0. The topological polar surface area (TPSA) is 0 Å². The van der Waals surface area contributed by atoms with Crippen LogP contribution in [0.1, 0.15) is 0 Å². The minimum Gasteiger partial charge on any atom is -1.00 e. The monoisotopic (exact) mass is 420 g/mol. The number of halogens is 3. The van der Waals surface area contributed by atoms with Gasteiger partial charge in [-0.05, 0) is 0 Å². The normalized spacial score (nSPS) is 0. The van der Waals surface area contributed by atoms with Gasteiger partial charge in [-0.1, -0.05) is 0 Å². The summed E-state index contributed by atoms with van der Waals surface area (Å²) in [6.45, 7) is 0. The fourth-order valence-electron chi connectivity index (χ4n) is 0. The quantitative estimate of drug-likeness (QED) is 0.270. The Morgan fingerprint density at radius 3 is 0.500 bits per heavy atom. The molecule has 0 aliphatic carbocycles. The van der Waals surface area contributed by atoms with E-state index >= 15 is 0 Å². The zero-order valence-corrected chi connectivity index (χ0v) is 11.7. The maximum Gasteiger partial charge on any atom is 1.00 e. The molecule has 0 fully saturated rings. The molecule has 0 unspecified atom stereocenters. The third-order valence-electron chi connectivity index (χ3n) is 0. The van der Waals surface area contributed by atoms with E-state index in [0.29, 0.717) is 0 Å². The first kappa shape index (κ1) is 24.9. The van der Waals surface area contributed by atoms with Gasteiger partial charge in [-0.2, -0.15) is 0 Å². The first-order chi connectivity index (χ1) is 0. The van der Waals surface area contributed by atoms with Crippen molar-refractivity contribution in [2.24, 2.45) is 0 Å². The van der Waals surface area contributed by atoms with Gasteiger partial charge in [0.15, 0.2) is 0 Å². The molecule has 0 aromatic heterocycles. The van der Waals surface area contributed by atoms with Crippen molar-refractivity contribution in [1.29, 1.82) is 0 Å². The number of hydrogen-bond acceptors (Lipinski definition) is 0. The second kappa shape index (κ2) is 15.8. The molecule has 0 aromatic carbocycles. The van der Waals surface area contributed by atoms with Crippen LogP contribution in [0.5, 0.6) is 0 Å². The largest absolute Gasteiger partial charge is 1.00 e. The molecule has 0 spiro atoms. The number of rotatable bonds is 0. The van der Waals surface area contributed by atoms with E-state index in [0.717, 1.165) is 0 Å². The van der Waals surface area contributed by atoms with E-state index in [-0.39, 0.29) is 123 Å². The van der Waals surface area contributed by atoms with Crippen LogP contribution in [0.15, 0.2) is 0 Å². The van der Waals surface area contributed by atoms with Gasteiger partial charge in [0.25, 0.3) is 0 Å². The summed E-state index contributed by atoms with van der Waals surface area (Å²) in [5.74, 6) is 0. The van der Waals surface area contributed by atoms with Gasteiger partial charge >= 0.3 is 51.4 Å². The molecule has 0 aliphatic heterocycles. The zero-order chi connectivity index (χ0) is 0. The molecule has 0 nitrogen and oxygen atoms in total. The van der Waals surface area contributed by atoms with Crippen LogP contribution < -0.4 is 123 Å².